The summed E-state index contributed by atoms with van der Waals surface area (Å²) >= 11 is 0. The molecule has 0 saturated carbocycles. The maximum absolute atomic E-state index is 13.4. The smallest absolute Gasteiger partial charge is 0.149 e. The molecule has 18 heavy (non-hydrogen) atoms. The summed E-state index contributed by atoms with van der Waals surface area (Å²) in [6, 6.07) is 4.46. The molecule has 1 saturated heterocycles. The van der Waals surface area contributed by atoms with Gasteiger partial charge in [0.1, 0.15) is 17.3 Å². The predicted octanol–water partition coefficient (Wildman–Crippen LogP) is 3.25. The summed E-state index contributed by atoms with van der Waals surface area (Å²) in [5, 5.41) is 2.87. The van der Waals surface area contributed by atoms with Crippen LogP contribution in [0.25, 0.3) is 0 Å². The lowest BCUT2D eigenvalue weighted by molar-refractivity contribution is 0.179. The van der Waals surface area contributed by atoms with Crippen molar-refractivity contribution in [2.45, 2.75) is 31.7 Å². The minimum atomic E-state index is -0.521. The van der Waals surface area contributed by atoms with Crippen LogP contribution in [0.2, 0.25) is 0 Å². The summed E-state index contributed by atoms with van der Waals surface area (Å²) in [5.41, 5.74) is -0.00374. The highest BCUT2D eigenvalue weighted by Gasteiger charge is 2.18. The number of nitrogens with zero attached hydrogens (tertiary/aromatic N) is 1. The molecule has 1 heterocycles. The number of rotatable bonds is 4. The third-order valence-corrected chi connectivity index (χ3v) is 3.66. The number of benzene rings is 1. The van der Waals surface area contributed by atoms with Crippen molar-refractivity contribution in [3.05, 3.63) is 29.8 Å². The topological polar surface area (TPSA) is 15.3 Å². The Balaban J connectivity index is 1.84. The minimum absolute atomic E-state index is 0.00374. The number of anilines is 1. The average Bonchev–Trinajstić information content (AvgIpc) is 2.35. The van der Waals surface area contributed by atoms with E-state index in [2.05, 4.69) is 17.3 Å². The molecule has 1 aromatic rings. The molecule has 1 aliphatic heterocycles. The number of nitrogens with one attached hydrogen (secondary N) is 1. The lowest BCUT2D eigenvalue weighted by Gasteiger charge is -2.32. The number of piperidine rings is 1. The summed E-state index contributed by atoms with van der Waals surface area (Å²) in [7, 11) is 2.12. The molecule has 2 nitrogen and oxygen atoms in total. The van der Waals surface area contributed by atoms with Crippen molar-refractivity contribution in [1.82, 2.24) is 4.90 Å². The molecule has 1 aliphatic rings. The summed E-state index contributed by atoms with van der Waals surface area (Å²) < 4.78 is 26.8. The Morgan fingerprint density at radius 2 is 2.00 bits per heavy atom. The van der Waals surface area contributed by atoms with Gasteiger partial charge in [-0.25, -0.2) is 8.78 Å². The second-order valence-electron chi connectivity index (χ2n) is 4.94. The van der Waals surface area contributed by atoms with Crippen molar-refractivity contribution in [2.75, 3.05) is 25.5 Å². The summed E-state index contributed by atoms with van der Waals surface area (Å²) in [5.74, 6) is -1.04. The summed E-state index contributed by atoms with van der Waals surface area (Å²) in [6.07, 6.45) is 4.60. The molecule has 4 heteroatoms. The average molecular weight is 254 g/mol. The molecule has 2 rings (SSSR count). The predicted molar refractivity (Wildman–Crippen MR) is 69.7 cm³/mol. The van der Waals surface area contributed by atoms with E-state index in [0.29, 0.717) is 12.6 Å². The molecule has 0 spiro atoms. The first kappa shape index (κ1) is 13.3. The summed E-state index contributed by atoms with van der Waals surface area (Å²) in [4.78, 5) is 2.34. The fraction of sp³-hybridized carbons (Fsp3) is 0.571. The van der Waals surface area contributed by atoms with Crippen molar-refractivity contribution in [3.63, 3.8) is 0 Å². The Bertz CT molecular complexity index is 375. The van der Waals surface area contributed by atoms with Crippen molar-refractivity contribution >= 4 is 5.69 Å². The zero-order chi connectivity index (χ0) is 13.0. The van der Waals surface area contributed by atoms with Crippen molar-refractivity contribution < 1.29 is 8.78 Å². The zero-order valence-corrected chi connectivity index (χ0v) is 10.8. The van der Waals surface area contributed by atoms with Gasteiger partial charge in [0.15, 0.2) is 0 Å². The maximum atomic E-state index is 13.4. The van der Waals surface area contributed by atoms with E-state index in [-0.39, 0.29) is 5.69 Å². The Morgan fingerprint density at radius 3 is 2.67 bits per heavy atom. The Hall–Kier alpha value is -1.16. The first-order valence-electron chi connectivity index (χ1n) is 6.56. The molecule has 1 atom stereocenters. The Labute approximate surface area is 107 Å². The Kier molecular flexibility index (Phi) is 4.53. The number of hydrogen-bond donors (Lipinski definition) is 1. The van der Waals surface area contributed by atoms with E-state index in [0.717, 1.165) is 13.0 Å². The van der Waals surface area contributed by atoms with Gasteiger partial charge in [0.05, 0.1) is 0 Å². The number of likely N-dealkylation sites (tertiary alicyclic amines) is 1. The lowest BCUT2D eigenvalue weighted by atomic mass is 10.0. The number of para-hydroxylation sites is 1. The lowest BCUT2D eigenvalue weighted by Crippen LogP contribution is -2.37. The van der Waals surface area contributed by atoms with Gasteiger partial charge in [0.2, 0.25) is 0 Å². The van der Waals surface area contributed by atoms with Crippen molar-refractivity contribution in [3.8, 4) is 0 Å². The van der Waals surface area contributed by atoms with Gasteiger partial charge in [-0.3, -0.25) is 0 Å². The van der Waals surface area contributed by atoms with E-state index in [1.165, 1.54) is 37.5 Å². The molecule has 0 aromatic heterocycles. The quantitative estimate of drug-likeness (QED) is 0.887. The van der Waals surface area contributed by atoms with Gasteiger partial charge in [-0.1, -0.05) is 12.5 Å². The van der Waals surface area contributed by atoms with Gasteiger partial charge in [-0.05, 0) is 45.0 Å². The van der Waals surface area contributed by atoms with Crippen LogP contribution in [-0.2, 0) is 0 Å². The fourth-order valence-electron chi connectivity index (χ4n) is 2.54. The molecule has 0 aliphatic carbocycles. The Morgan fingerprint density at radius 1 is 1.28 bits per heavy atom. The molecule has 0 radical (unpaired) electrons. The van der Waals surface area contributed by atoms with Gasteiger partial charge in [-0.15, -0.1) is 0 Å². The van der Waals surface area contributed by atoms with Crippen LogP contribution in [0.4, 0.5) is 14.5 Å². The minimum Gasteiger partial charge on any atom is -0.380 e. The van der Waals surface area contributed by atoms with Gasteiger partial charge < -0.3 is 10.2 Å². The third kappa shape index (κ3) is 3.19. The van der Waals surface area contributed by atoms with Crippen LogP contribution in [0.5, 0.6) is 0 Å². The first-order valence-corrected chi connectivity index (χ1v) is 6.56. The molecule has 1 fully saturated rings. The largest absolute Gasteiger partial charge is 0.380 e. The van der Waals surface area contributed by atoms with Gasteiger partial charge >= 0.3 is 0 Å². The molecule has 1 unspecified atom stereocenters. The second-order valence-corrected chi connectivity index (χ2v) is 4.94. The van der Waals surface area contributed by atoms with E-state index in [1.807, 2.05) is 0 Å². The summed E-state index contributed by atoms with van der Waals surface area (Å²) in [6.45, 7) is 1.73. The fourth-order valence-corrected chi connectivity index (χ4v) is 2.54. The van der Waals surface area contributed by atoms with Crippen molar-refractivity contribution in [1.29, 1.82) is 0 Å². The van der Waals surface area contributed by atoms with E-state index < -0.39 is 11.6 Å². The van der Waals surface area contributed by atoms with Crippen LogP contribution in [-0.4, -0.2) is 31.1 Å². The maximum Gasteiger partial charge on any atom is 0.149 e. The van der Waals surface area contributed by atoms with E-state index in [9.17, 15) is 8.78 Å². The van der Waals surface area contributed by atoms with Crippen LogP contribution in [0, 0.1) is 11.6 Å². The van der Waals surface area contributed by atoms with Gasteiger partial charge in [0, 0.05) is 12.6 Å². The highest BCUT2D eigenvalue weighted by molar-refractivity contribution is 5.45. The highest BCUT2D eigenvalue weighted by Crippen LogP contribution is 2.20. The van der Waals surface area contributed by atoms with Gasteiger partial charge in [-0.2, -0.15) is 0 Å². The third-order valence-electron chi connectivity index (χ3n) is 3.66. The second kappa shape index (κ2) is 6.14. The van der Waals surface area contributed by atoms with E-state index in [4.69, 9.17) is 0 Å². The van der Waals surface area contributed by atoms with Crippen LogP contribution < -0.4 is 5.32 Å². The van der Waals surface area contributed by atoms with Gasteiger partial charge in [0.25, 0.3) is 0 Å². The van der Waals surface area contributed by atoms with E-state index >= 15 is 0 Å². The van der Waals surface area contributed by atoms with Crippen LogP contribution in [0.3, 0.4) is 0 Å². The monoisotopic (exact) mass is 254 g/mol. The molecule has 100 valence electrons. The standard InChI is InChI=1S/C14H20F2N2/c1-18-10-3-2-5-11(18)8-9-17-14-12(15)6-4-7-13(14)16/h4,6-7,11,17H,2-3,5,8-10H2,1H3. The molecule has 1 aromatic carbocycles. The first-order chi connectivity index (χ1) is 8.68. The van der Waals surface area contributed by atoms with E-state index in [1.54, 1.807) is 0 Å². The number of hydrogen-bond acceptors (Lipinski definition) is 2. The SMILES string of the molecule is CN1CCCCC1CCNc1c(F)cccc1F. The molecular formula is C14H20F2N2. The van der Waals surface area contributed by atoms with Crippen LogP contribution in [0.15, 0.2) is 18.2 Å². The molecule has 0 bridgehead atoms. The molecule has 1 N–H and O–H groups in total. The normalized spacial score (nSPS) is 20.9. The molecular weight excluding hydrogens is 234 g/mol. The zero-order valence-electron chi connectivity index (χ0n) is 10.8. The van der Waals surface area contributed by atoms with Crippen LogP contribution in [0.1, 0.15) is 25.7 Å². The number of halogens is 2. The highest BCUT2D eigenvalue weighted by atomic mass is 19.1. The molecule has 0 amide bonds. The van der Waals surface area contributed by atoms with Crippen molar-refractivity contribution in [2.24, 2.45) is 0 Å². The van der Waals surface area contributed by atoms with Crippen LogP contribution >= 0.6 is 0 Å².